The van der Waals surface area contributed by atoms with Crippen LogP contribution in [0.5, 0.6) is 0 Å². The molecule has 0 unspecified atom stereocenters. The number of piperidine rings is 1. The van der Waals surface area contributed by atoms with Crippen LogP contribution >= 0.6 is 12.4 Å². The molecule has 0 bridgehead atoms. The van der Waals surface area contributed by atoms with Crippen LogP contribution in [0.3, 0.4) is 0 Å². The number of amides is 1. The van der Waals surface area contributed by atoms with Gasteiger partial charge in [0.2, 0.25) is 10.0 Å². The van der Waals surface area contributed by atoms with Crippen LogP contribution in [-0.4, -0.2) is 51.4 Å². The van der Waals surface area contributed by atoms with Crippen LogP contribution in [0.15, 0.2) is 29.2 Å². The molecule has 2 rings (SSSR count). The summed E-state index contributed by atoms with van der Waals surface area (Å²) < 4.78 is 26.7. The molecule has 0 radical (unpaired) electrons. The molecule has 0 saturated carbocycles. The van der Waals surface area contributed by atoms with Gasteiger partial charge in [-0.3, -0.25) is 4.79 Å². The first-order valence-electron chi connectivity index (χ1n) is 7.91. The molecule has 6 nitrogen and oxygen atoms in total. The van der Waals surface area contributed by atoms with Gasteiger partial charge in [0.15, 0.2) is 0 Å². The monoisotopic (exact) mass is 375 g/mol. The van der Waals surface area contributed by atoms with Gasteiger partial charge in [-0.25, -0.2) is 13.1 Å². The molecule has 1 saturated heterocycles. The summed E-state index contributed by atoms with van der Waals surface area (Å²) in [5, 5.41) is 3.28. The Morgan fingerprint density at radius 1 is 1.21 bits per heavy atom. The van der Waals surface area contributed by atoms with Crippen molar-refractivity contribution < 1.29 is 13.2 Å². The number of sulfonamides is 1. The second kappa shape index (κ2) is 8.80. The van der Waals surface area contributed by atoms with Crippen LogP contribution in [0.1, 0.15) is 37.0 Å². The summed E-state index contributed by atoms with van der Waals surface area (Å²) in [5.74, 6) is -0.0716. The highest BCUT2D eigenvalue weighted by Crippen LogP contribution is 2.16. The van der Waals surface area contributed by atoms with Gasteiger partial charge in [0.1, 0.15) is 0 Å². The average molecular weight is 376 g/mol. The van der Waals surface area contributed by atoms with Crippen LogP contribution in [0.4, 0.5) is 0 Å². The van der Waals surface area contributed by atoms with Crippen molar-refractivity contribution in [1.29, 1.82) is 0 Å². The smallest absolute Gasteiger partial charge is 0.253 e. The number of benzene rings is 1. The molecule has 24 heavy (non-hydrogen) atoms. The molecule has 8 heteroatoms. The molecule has 0 aliphatic carbocycles. The molecule has 0 spiro atoms. The van der Waals surface area contributed by atoms with Crippen molar-refractivity contribution in [3.05, 3.63) is 29.8 Å². The first-order valence-corrected chi connectivity index (χ1v) is 9.40. The first-order chi connectivity index (χ1) is 10.8. The maximum atomic E-state index is 12.5. The zero-order valence-electron chi connectivity index (χ0n) is 14.3. The Bertz CT molecular complexity index is 641. The molecule has 1 fully saturated rings. The third-order valence-electron chi connectivity index (χ3n) is 3.98. The molecule has 2 N–H and O–H groups in total. The van der Waals surface area contributed by atoms with E-state index in [9.17, 15) is 13.2 Å². The lowest BCUT2D eigenvalue weighted by Gasteiger charge is -2.31. The topological polar surface area (TPSA) is 78.5 Å². The molecule has 1 heterocycles. The number of nitrogens with zero attached hydrogens (tertiary/aromatic N) is 1. The lowest BCUT2D eigenvalue weighted by Crippen LogP contribution is -2.43. The van der Waals surface area contributed by atoms with E-state index in [-0.39, 0.29) is 35.3 Å². The Morgan fingerprint density at radius 3 is 2.25 bits per heavy atom. The molecule has 0 atom stereocenters. The number of halogens is 1. The molecular weight excluding hydrogens is 350 g/mol. The highest BCUT2D eigenvalue weighted by atomic mass is 35.5. The van der Waals surface area contributed by atoms with Gasteiger partial charge in [-0.2, -0.15) is 0 Å². The predicted octanol–water partition coefficient (Wildman–Crippen LogP) is 1.62. The van der Waals surface area contributed by atoms with Crippen LogP contribution in [0.25, 0.3) is 0 Å². The van der Waals surface area contributed by atoms with Gasteiger partial charge in [-0.15, -0.1) is 12.4 Å². The second-order valence-corrected chi connectivity index (χ2v) is 7.91. The van der Waals surface area contributed by atoms with Gasteiger partial charge >= 0.3 is 0 Å². The minimum Gasteiger partial charge on any atom is -0.339 e. The Labute approximate surface area is 150 Å². The molecule has 1 aromatic rings. The first kappa shape index (κ1) is 20.9. The van der Waals surface area contributed by atoms with Gasteiger partial charge in [0.25, 0.3) is 5.91 Å². The predicted molar refractivity (Wildman–Crippen MR) is 97.1 cm³/mol. The van der Waals surface area contributed by atoms with Gasteiger partial charge in [0, 0.05) is 24.7 Å². The Kier molecular flexibility index (Phi) is 7.66. The zero-order valence-corrected chi connectivity index (χ0v) is 15.9. The number of carbonyl (C=O) groups is 1. The summed E-state index contributed by atoms with van der Waals surface area (Å²) in [5.41, 5.74) is 0.509. The van der Waals surface area contributed by atoms with Crippen LogP contribution < -0.4 is 10.0 Å². The van der Waals surface area contributed by atoms with E-state index in [0.29, 0.717) is 5.56 Å². The summed E-state index contributed by atoms with van der Waals surface area (Å²) >= 11 is 0. The minimum absolute atomic E-state index is 0. The molecule has 1 aliphatic heterocycles. The summed E-state index contributed by atoms with van der Waals surface area (Å²) in [7, 11) is -1.72. The zero-order chi connectivity index (χ0) is 17.0. The maximum absolute atomic E-state index is 12.5. The highest BCUT2D eigenvalue weighted by molar-refractivity contribution is 7.89. The van der Waals surface area contributed by atoms with Gasteiger partial charge in [-0.05, 0) is 64.0 Å². The fraction of sp³-hybridized carbons (Fsp3) is 0.562. The molecular formula is C16H26ClN3O3S. The van der Waals surface area contributed by atoms with E-state index in [2.05, 4.69) is 10.0 Å². The standard InChI is InChI=1S/C16H25N3O3S.ClH/c1-12(2)18-23(21,22)15-6-4-13(5-7-15)16(20)19(3)14-8-10-17-11-9-14;/h4-7,12,14,17-18H,8-11H2,1-3H3;1H. The van der Waals surface area contributed by atoms with E-state index >= 15 is 0 Å². The molecule has 0 aromatic heterocycles. The Hall–Kier alpha value is -1.15. The minimum atomic E-state index is -3.53. The van der Waals surface area contributed by atoms with Gasteiger partial charge in [-0.1, -0.05) is 0 Å². The van der Waals surface area contributed by atoms with Crippen molar-refractivity contribution in [2.45, 2.75) is 43.7 Å². The highest BCUT2D eigenvalue weighted by Gasteiger charge is 2.23. The van der Waals surface area contributed by atoms with Crippen molar-refractivity contribution in [3.8, 4) is 0 Å². The lowest BCUT2D eigenvalue weighted by atomic mass is 10.0. The van der Waals surface area contributed by atoms with Crippen molar-refractivity contribution >= 4 is 28.3 Å². The lowest BCUT2D eigenvalue weighted by molar-refractivity contribution is 0.0703. The van der Waals surface area contributed by atoms with Crippen LogP contribution in [0.2, 0.25) is 0 Å². The molecule has 1 amide bonds. The van der Waals surface area contributed by atoms with Crippen LogP contribution in [0, 0.1) is 0 Å². The quantitative estimate of drug-likeness (QED) is 0.819. The molecule has 136 valence electrons. The van der Waals surface area contributed by atoms with E-state index in [0.717, 1.165) is 25.9 Å². The van der Waals surface area contributed by atoms with Crippen molar-refractivity contribution in [2.24, 2.45) is 0 Å². The van der Waals surface area contributed by atoms with Crippen molar-refractivity contribution in [1.82, 2.24) is 14.9 Å². The Balaban J connectivity index is 0.00000288. The SMILES string of the molecule is CC(C)NS(=O)(=O)c1ccc(C(=O)N(C)C2CCNCC2)cc1.Cl. The number of carbonyl (C=O) groups excluding carboxylic acids is 1. The molecule has 1 aromatic carbocycles. The number of rotatable bonds is 5. The van der Waals surface area contributed by atoms with E-state index in [4.69, 9.17) is 0 Å². The largest absolute Gasteiger partial charge is 0.339 e. The third kappa shape index (κ3) is 5.17. The fourth-order valence-electron chi connectivity index (χ4n) is 2.72. The Morgan fingerprint density at radius 2 is 1.75 bits per heavy atom. The second-order valence-electron chi connectivity index (χ2n) is 6.20. The fourth-order valence-corrected chi connectivity index (χ4v) is 3.97. The van der Waals surface area contributed by atoms with Crippen LogP contribution in [-0.2, 0) is 10.0 Å². The summed E-state index contributed by atoms with van der Waals surface area (Å²) in [6.45, 7) is 5.37. The molecule has 1 aliphatic rings. The van der Waals surface area contributed by atoms with Crippen molar-refractivity contribution in [2.75, 3.05) is 20.1 Å². The van der Waals surface area contributed by atoms with E-state index in [1.165, 1.54) is 12.1 Å². The third-order valence-corrected chi connectivity index (χ3v) is 5.65. The van der Waals surface area contributed by atoms with Gasteiger partial charge < -0.3 is 10.2 Å². The summed E-state index contributed by atoms with van der Waals surface area (Å²) in [6.07, 6.45) is 1.88. The number of hydrogen-bond donors (Lipinski definition) is 2. The van der Waals surface area contributed by atoms with Crippen molar-refractivity contribution in [3.63, 3.8) is 0 Å². The van der Waals surface area contributed by atoms with Gasteiger partial charge in [0.05, 0.1) is 4.90 Å². The summed E-state index contributed by atoms with van der Waals surface area (Å²) in [4.78, 5) is 14.5. The van der Waals surface area contributed by atoms with E-state index in [1.54, 1.807) is 30.9 Å². The van der Waals surface area contributed by atoms with E-state index in [1.807, 2.05) is 7.05 Å². The normalized spacial score (nSPS) is 15.8. The van der Waals surface area contributed by atoms with E-state index < -0.39 is 10.0 Å². The number of nitrogens with one attached hydrogen (secondary N) is 2. The summed E-state index contributed by atoms with van der Waals surface area (Å²) in [6, 6.07) is 6.17. The average Bonchev–Trinajstić information content (AvgIpc) is 2.53. The maximum Gasteiger partial charge on any atom is 0.253 e. The number of hydrogen-bond acceptors (Lipinski definition) is 4.